The molecule has 1 amide bonds. The standard InChI is InChI=1S/C25H28N2O6S/c1-18-10-12-20(13-11-18)27(34(29,30)21-8-6-5-7-9-21)17-24(28)26-16-19-14-22(31-2)25(33-4)23(15-19)32-3/h5-15H,16-17H2,1-4H3,(H,26,28). The first kappa shape index (κ1) is 24.9. The summed E-state index contributed by atoms with van der Waals surface area (Å²) >= 11 is 0. The van der Waals surface area contributed by atoms with Crippen LogP contribution in [0, 0.1) is 6.92 Å². The number of nitrogens with zero attached hydrogens (tertiary/aromatic N) is 1. The molecule has 0 aliphatic carbocycles. The second-order valence-electron chi connectivity index (χ2n) is 7.47. The zero-order valence-electron chi connectivity index (χ0n) is 19.6. The van der Waals surface area contributed by atoms with E-state index >= 15 is 0 Å². The third kappa shape index (κ3) is 5.60. The predicted molar refractivity (Wildman–Crippen MR) is 130 cm³/mol. The molecule has 0 heterocycles. The molecular formula is C25H28N2O6S. The number of amides is 1. The average Bonchev–Trinajstić information content (AvgIpc) is 2.86. The van der Waals surface area contributed by atoms with Gasteiger partial charge < -0.3 is 19.5 Å². The molecule has 0 bridgehead atoms. The minimum atomic E-state index is -3.96. The molecule has 0 spiro atoms. The van der Waals surface area contributed by atoms with Crippen molar-refractivity contribution in [2.24, 2.45) is 0 Å². The summed E-state index contributed by atoms with van der Waals surface area (Å²) in [6.07, 6.45) is 0. The first-order chi connectivity index (χ1) is 16.3. The van der Waals surface area contributed by atoms with Crippen LogP contribution in [0.1, 0.15) is 11.1 Å². The van der Waals surface area contributed by atoms with Crippen LogP contribution in [0.2, 0.25) is 0 Å². The number of rotatable bonds is 10. The van der Waals surface area contributed by atoms with Gasteiger partial charge in [-0.2, -0.15) is 0 Å². The highest BCUT2D eigenvalue weighted by molar-refractivity contribution is 7.92. The van der Waals surface area contributed by atoms with Crippen LogP contribution in [0.25, 0.3) is 0 Å². The molecule has 3 aromatic rings. The van der Waals surface area contributed by atoms with E-state index in [0.29, 0.717) is 28.5 Å². The maximum atomic E-state index is 13.4. The number of benzene rings is 3. The van der Waals surface area contributed by atoms with Gasteiger partial charge in [0.15, 0.2) is 11.5 Å². The van der Waals surface area contributed by atoms with Gasteiger partial charge in [-0.05, 0) is 48.9 Å². The lowest BCUT2D eigenvalue weighted by atomic mass is 10.1. The number of aryl methyl sites for hydroxylation is 1. The first-order valence-corrected chi connectivity index (χ1v) is 11.9. The van der Waals surface area contributed by atoms with Crippen molar-refractivity contribution in [2.75, 3.05) is 32.2 Å². The van der Waals surface area contributed by atoms with E-state index in [2.05, 4.69) is 5.32 Å². The Balaban J connectivity index is 1.84. The monoisotopic (exact) mass is 484 g/mol. The highest BCUT2D eigenvalue weighted by atomic mass is 32.2. The summed E-state index contributed by atoms with van der Waals surface area (Å²) < 4.78 is 43.8. The summed E-state index contributed by atoms with van der Waals surface area (Å²) in [5.41, 5.74) is 2.08. The largest absolute Gasteiger partial charge is 0.493 e. The lowest BCUT2D eigenvalue weighted by Gasteiger charge is -2.24. The highest BCUT2D eigenvalue weighted by Gasteiger charge is 2.27. The molecule has 0 radical (unpaired) electrons. The molecular weight excluding hydrogens is 456 g/mol. The first-order valence-electron chi connectivity index (χ1n) is 10.5. The molecule has 0 saturated carbocycles. The van der Waals surface area contributed by atoms with Crippen molar-refractivity contribution >= 4 is 21.6 Å². The summed E-state index contributed by atoms with van der Waals surface area (Å²) in [4.78, 5) is 13.0. The van der Waals surface area contributed by atoms with E-state index in [9.17, 15) is 13.2 Å². The Bertz CT molecular complexity index is 1200. The molecule has 0 fully saturated rings. The van der Waals surface area contributed by atoms with Crippen LogP contribution in [-0.4, -0.2) is 42.2 Å². The SMILES string of the molecule is COc1cc(CNC(=O)CN(c2ccc(C)cc2)S(=O)(=O)c2ccccc2)cc(OC)c1OC. The van der Waals surface area contributed by atoms with Gasteiger partial charge in [0.1, 0.15) is 6.54 Å². The molecule has 34 heavy (non-hydrogen) atoms. The minimum Gasteiger partial charge on any atom is -0.493 e. The Labute approximate surface area is 200 Å². The van der Waals surface area contributed by atoms with E-state index in [1.165, 1.54) is 33.5 Å². The Kier molecular flexibility index (Phi) is 8.01. The van der Waals surface area contributed by atoms with Gasteiger partial charge in [-0.1, -0.05) is 35.9 Å². The van der Waals surface area contributed by atoms with Crippen LogP contribution in [0.5, 0.6) is 17.2 Å². The number of sulfonamides is 1. The van der Waals surface area contributed by atoms with Crippen molar-refractivity contribution in [1.82, 2.24) is 5.32 Å². The zero-order chi connectivity index (χ0) is 24.7. The summed E-state index contributed by atoms with van der Waals surface area (Å²) in [6.45, 7) is 1.66. The number of methoxy groups -OCH3 is 3. The number of nitrogens with one attached hydrogen (secondary N) is 1. The predicted octanol–water partition coefficient (Wildman–Crippen LogP) is 3.53. The van der Waals surface area contributed by atoms with Crippen LogP contribution in [-0.2, 0) is 21.4 Å². The number of hydrogen-bond donors (Lipinski definition) is 1. The van der Waals surface area contributed by atoms with E-state index in [-0.39, 0.29) is 18.0 Å². The highest BCUT2D eigenvalue weighted by Crippen LogP contribution is 2.38. The van der Waals surface area contributed by atoms with Gasteiger partial charge in [-0.25, -0.2) is 8.42 Å². The fraction of sp³-hybridized carbons (Fsp3) is 0.240. The van der Waals surface area contributed by atoms with Gasteiger partial charge in [0, 0.05) is 6.54 Å². The zero-order valence-corrected chi connectivity index (χ0v) is 20.4. The van der Waals surface area contributed by atoms with Crippen molar-refractivity contribution in [3.63, 3.8) is 0 Å². The van der Waals surface area contributed by atoms with E-state index in [1.807, 2.05) is 6.92 Å². The average molecular weight is 485 g/mol. The Morgan fingerprint density at radius 2 is 1.47 bits per heavy atom. The van der Waals surface area contributed by atoms with Crippen LogP contribution in [0.15, 0.2) is 71.6 Å². The molecule has 0 saturated heterocycles. The third-order valence-electron chi connectivity index (χ3n) is 5.15. The van der Waals surface area contributed by atoms with Gasteiger partial charge in [0.25, 0.3) is 10.0 Å². The molecule has 3 aromatic carbocycles. The maximum absolute atomic E-state index is 13.4. The molecule has 0 aromatic heterocycles. The second kappa shape index (κ2) is 10.9. The topological polar surface area (TPSA) is 94.2 Å². The molecule has 3 rings (SSSR count). The van der Waals surface area contributed by atoms with Gasteiger partial charge in [-0.15, -0.1) is 0 Å². The molecule has 0 aliphatic heterocycles. The van der Waals surface area contributed by atoms with Crippen molar-refractivity contribution in [3.8, 4) is 17.2 Å². The van der Waals surface area contributed by atoms with E-state index < -0.39 is 15.9 Å². The number of hydrogen-bond acceptors (Lipinski definition) is 6. The third-order valence-corrected chi connectivity index (χ3v) is 6.94. The minimum absolute atomic E-state index is 0.105. The van der Waals surface area contributed by atoms with E-state index in [4.69, 9.17) is 14.2 Å². The number of carbonyl (C=O) groups excluding carboxylic acids is 1. The smallest absolute Gasteiger partial charge is 0.264 e. The molecule has 0 unspecified atom stereocenters. The summed E-state index contributed by atoms with van der Waals surface area (Å²) in [7, 11) is 0.564. The van der Waals surface area contributed by atoms with Crippen LogP contribution >= 0.6 is 0 Å². The van der Waals surface area contributed by atoms with Gasteiger partial charge in [0.2, 0.25) is 11.7 Å². The fourth-order valence-electron chi connectivity index (χ4n) is 3.37. The van der Waals surface area contributed by atoms with Crippen molar-refractivity contribution < 1.29 is 27.4 Å². The summed E-state index contributed by atoms with van der Waals surface area (Å²) in [5, 5.41) is 2.78. The van der Waals surface area contributed by atoms with Crippen LogP contribution < -0.4 is 23.8 Å². The quantitative estimate of drug-likeness (QED) is 0.473. The molecule has 0 atom stereocenters. The molecule has 0 aliphatic rings. The second-order valence-corrected chi connectivity index (χ2v) is 9.33. The normalized spacial score (nSPS) is 10.9. The number of anilines is 1. The van der Waals surface area contributed by atoms with E-state index in [1.54, 1.807) is 54.6 Å². The summed E-state index contributed by atoms with van der Waals surface area (Å²) in [6, 6.07) is 18.4. The Morgan fingerprint density at radius 1 is 0.882 bits per heavy atom. The molecule has 1 N–H and O–H groups in total. The summed E-state index contributed by atoms with van der Waals surface area (Å²) in [5.74, 6) is 0.895. The number of ether oxygens (including phenoxy) is 3. The lowest BCUT2D eigenvalue weighted by molar-refractivity contribution is -0.119. The van der Waals surface area contributed by atoms with Crippen molar-refractivity contribution in [2.45, 2.75) is 18.4 Å². The van der Waals surface area contributed by atoms with E-state index in [0.717, 1.165) is 9.87 Å². The van der Waals surface area contributed by atoms with Crippen molar-refractivity contribution in [3.05, 3.63) is 77.9 Å². The Morgan fingerprint density at radius 3 is 2.00 bits per heavy atom. The van der Waals surface area contributed by atoms with Crippen LogP contribution in [0.3, 0.4) is 0 Å². The maximum Gasteiger partial charge on any atom is 0.264 e. The lowest BCUT2D eigenvalue weighted by Crippen LogP contribution is -2.40. The van der Waals surface area contributed by atoms with Crippen LogP contribution in [0.4, 0.5) is 5.69 Å². The molecule has 8 nitrogen and oxygen atoms in total. The number of carbonyl (C=O) groups is 1. The van der Waals surface area contributed by atoms with Crippen molar-refractivity contribution in [1.29, 1.82) is 0 Å². The van der Waals surface area contributed by atoms with Gasteiger partial charge in [-0.3, -0.25) is 9.10 Å². The fourth-order valence-corrected chi connectivity index (χ4v) is 4.81. The molecule has 180 valence electrons. The molecule has 9 heteroatoms. The Hall–Kier alpha value is -3.72. The van der Waals surface area contributed by atoms with Gasteiger partial charge >= 0.3 is 0 Å². The van der Waals surface area contributed by atoms with Gasteiger partial charge in [0.05, 0.1) is 31.9 Å².